The van der Waals surface area contributed by atoms with Gasteiger partial charge in [-0.25, -0.2) is 18.7 Å². The Hall–Kier alpha value is -1.73. The van der Waals surface area contributed by atoms with Crippen LogP contribution in [0.25, 0.3) is 10.2 Å². The summed E-state index contributed by atoms with van der Waals surface area (Å²) in [6, 6.07) is 5.23. The zero-order chi connectivity index (χ0) is 14.3. The predicted molar refractivity (Wildman–Crippen MR) is 77.0 cm³/mol. The molecule has 0 amide bonds. The van der Waals surface area contributed by atoms with Gasteiger partial charge >= 0.3 is 0 Å². The number of halogens is 2. The number of aromatic nitrogens is 2. The van der Waals surface area contributed by atoms with E-state index >= 15 is 0 Å². The third-order valence-electron chi connectivity index (χ3n) is 2.60. The molecule has 0 saturated heterocycles. The van der Waals surface area contributed by atoms with E-state index in [-0.39, 0.29) is 10.8 Å². The number of nitrogens with zero attached hydrogens (tertiary/aromatic N) is 2. The molecule has 20 heavy (non-hydrogen) atoms. The van der Waals surface area contributed by atoms with Crippen molar-refractivity contribution in [2.24, 2.45) is 0 Å². The van der Waals surface area contributed by atoms with Crippen LogP contribution in [-0.4, -0.2) is 9.97 Å². The topological polar surface area (TPSA) is 51.8 Å². The van der Waals surface area contributed by atoms with Gasteiger partial charge in [-0.15, -0.1) is 11.3 Å². The van der Waals surface area contributed by atoms with Crippen LogP contribution in [0.4, 0.5) is 14.7 Å². The third kappa shape index (κ3) is 2.46. The zero-order valence-corrected chi connectivity index (χ0v) is 12.0. The standard InChI is InChI=1S/C13H9F2N3S2/c1-6-4-8-11(19-6)17-13(16)18-12(8)20-10-5-7(14)2-3-9(10)15/h2-5H,1H3,(H2,16,17,18). The first-order chi connectivity index (χ1) is 9.52. The lowest BCUT2D eigenvalue weighted by Crippen LogP contribution is -1.96. The molecule has 0 unspecified atom stereocenters. The summed E-state index contributed by atoms with van der Waals surface area (Å²) in [4.78, 5) is 10.2. The van der Waals surface area contributed by atoms with Crippen molar-refractivity contribution in [2.45, 2.75) is 16.8 Å². The highest BCUT2D eigenvalue weighted by Gasteiger charge is 2.13. The molecule has 3 rings (SSSR count). The molecular formula is C13H9F2N3S2. The first-order valence-electron chi connectivity index (χ1n) is 5.69. The summed E-state index contributed by atoms with van der Waals surface area (Å²) in [7, 11) is 0. The van der Waals surface area contributed by atoms with Crippen molar-refractivity contribution >= 4 is 39.3 Å². The van der Waals surface area contributed by atoms with Gasteiger partial charge in [0.1, 0.15) is 21.5 Å². The monoisotopic (exact) mass is 309 g/mol. The Labute approximate surface area is 121 Å². The molecule has 0 atom stereocenters. The molecule has 2 N–H and O–H groups in total. The van der Waals surface area contributed by atoms with Crippen LogP contribution in [0, 0.1) is 18.6 Å². The highest BCUT2D eigenvalue weighted by Crippen LogP contribution is 2.36. The molecule has 0 saturated carbocycles. The Morgan fingerprint density at radius 3 is 2.80 bits per heavy atom. The van der Waals surface area contributed by atoms with E-state index in [1.165, 1.54) is 11.3 Å². The lowest BCUT2D eigenvalue weighted by molar-refractivity contribution is 0.577. The normalized spacial score (nSPS) is 11.2. The van der Waals surface area contributed by atoms with Gasteiger partial charge < -0.3 is 5.73 Å². The van der Waals surface area contributed by atoms with E-state index in [0.29, 0.717) is 5.03 Å². The number of hydrogen-bond donors (Lipinski definition) is 1. The molecule has 3 aromatic rings. The lowest BCUT2D eigenvalue weighted by Gasteiger charge is -2.04. The molecule has 2 heterocycles. The summed E-state index contributed by atoms with van der Waals surface area (Å²) < 4.78 is 26.9. The Kier molecular flexibility index (Phi) is 3.31. The van der Waals surface area contributed by atoms with E-state index in [1.807, 2.05) is 13.0 Å². The maximum absolute atomic E-state index is 13.7. The molecule has 0 bridgehead atoms. The second kappa shape index (κ2) is 4.99. The number of thiophene rings is 1. The van der Waals surface area contributed by atoms with E-state index in [0.717, 1.165) is 45.1 Å². The minimum absolute atomic E-state index is 0.124. The molecule has 7 heteroatoms. The Morgan fingerprint density at radius 1 is 1.20 bits per heavy atom. The van der Waals surface area contributed by atoms with E-state index in [4.69, 9.17) is 5.73 Å². The minimum atomic E-state index is -0.492. The molecule has 2 aromatic heterocycles. The average Bonchev–Trinajstić information content (AvgIpc) is 2.74. The van der Waals surface area contributed by atoms with Gasteiger partial charge in [0, 0.05) is 10.3 Å². The van der Waals surface area contributed by atoms with Crippen molar-refractivity contribution in [1.29, 1.82) is 0 Å². The van der Waals surface area contributed by atoms with Gasteiger partial charge in [-0.3, -0.25) is 0 Å². The molecule has 0 aliphatic carbocycles. The summed E-state index contributed by atoms with van der Waals surface area (Å²) in [6.07, 6.45) is 0. The van der Waals surface area contributed by atoms with Gasteiger partial charge in [-0.05, 0) is 31.2 Å². The van der Waals surface area contributed by atoms with Gasteiger partial charge in [-0.1, -0.05) is 11.8 Å². The van der Waals surface area contributed by atoms with Crippen LogP contribution in [0.5, 0.6) is 0 Å². The third-order valence-corrected chi connectivity index (χ3v) is 4.58. The quantitative estimate of drug-likeness (QED) is 0.727. The van der Waals surface area contributed by atoms with Gasteiger partial charge in [0.05, 0.1) is 4.90 Å². The summed E-state index contributed by atoms with van der Waals surface area (Å²) >= 11 is 2.53. The van der Waals surface area contributed by atoms with Crippen LogP contribution in [0.15, 0.2) is 34.2 Å². The molecular weight excluding hydrogens is 300 g/mol. The van der Waals surface area contributed by atoms with Crippen LogP contribution in [0.1, 0.15) is 4.88 Å². The number of hydrogen-bond acceptors (Lipinski definition) is 5. The lowest BCUT2D eigenvalue weighted by atomic mass is 10.3. The van der Waals surface area contributed by atoms with Crippen LogP contribution in [0.3, 0.4) is 0 Å². The second-order valence-electron chi connectivity index (χ2n) is 4.14. The maximum atomic E-state index is 13.7. The van der Waals surface area contributed by atoms with Crippen molar-refractivity contribution in [3.63, 3.8) is 0 Å². The molecule has 0 fully saturated rings. The molecule has 3 nitrogen and oxygen atoms in total. The van der Waals surface area contributed by atoms with Crippen molar-refractivity contribution in [3.05, 3.63) is 40.8 Å². The maximum Gasteiger partial charge on any atom is 0.222 e. The SMILES string of the molecule is Cc1cc2c(Sc3cc(F)ccc3F)nc(N)nc2s1. The van der Waals surface area contributed by atoms with Crippen LogP contribution in [0.2, 0.25) is 0 Å². The highest BCUT2D eigenvalue weighted by atomic mass is 32.2. The minimum Gasteiger partial charge on any atom is -0.368 e. The summed E-state index contributed by atoms with van der Waals surface area (Å²) in [5, 5.41) is 1.33. The molecule has 0 aliphatic rings. The fraction of sp³-hybridized carbons (Fsp3) is 0.0769. The van der Waals surface area contributed by atoms with Gasteiger partial charge in [-0.2, -0.15) is 0 Å². The fourth-order valence-electron chi connectivity index (χ4n) is 1.77. The number of anilines is 1. The van der Waals surface area contributed by atoms with Crippen LogP contribution >= 0.6 is 23.1 Å². The van der Waals surface area contributed by atoms with Crippen LogP contribution in [-0.2, 0) is 0 Å². The van der Waals surface area contributed by atoms with Gasteiger partial charge in [0.2, 0.25) is 5.95 Å². The number of rotatable bonds is 2. The van der Waals surface area contributed by atoms with E-state index in [1.54, 1.807) is 0 Å². The molecule has 0 aliphatic heterocycles. The van der Waals surface area contributed by atoms with Gasteiger partial charge in [0.25, 0.3) is 0 Å². The molecule has 102 valence electrons. The Bertz CT molecular complexity index is 802. The number of aryl methyl sites for hydroxylation is 1. The van der Waals surface area contributed by atoms with E-state index in [9.17, 15) is 8.78 Å². The number of nitrogens with two attached hydrogens (primary N) is 1. The first-order valence-corrected chi connectivity index (χ1v) is 7.33. The van der Waals surface area contributed by atoms with Crippen molar-refractivity contribution < 1.29 is 8.78 Å². The summed E-state index contributed by atoms with van der Waals surface area (Å²) in [5.74, 6) is -0.860. The number of benzene rings is 1. The smallest absolute Gasteiger partial charge is 0.222 e. The molecule has 1 aromatic carbocycles. The Morgan fingerprint density at radius 2 is 2.00 bits per heavy atom. The van der Waals surface area contributed by atoms with Crippen molar-refractivity contribution in [1.82, 2.24) is 9.97 Å². The van der Waals surface area contributed by atoms with Gasteiger partial charge in [0.15, 0.2) is 0 Å². The molecule has 0 radical (unpaired) electrons. The highest BCUT2D eigenvalue weighted by molar-refractivity contribution is 7.99. The summed E-state index contributed by atoms with van der Waals surface area (Å²) in [6.45, 7) is 1.94. The van der Waals surface area contributed by atoms with Crippen molar-refractivity contribution in [2.75, 3.05) is 5.73 Å². The Balaban J connectivity index is 2.12. The van der Waals surface area contributed by atoms with E-state index in [2.05, 4.69) is 9.97 Å². The number of fused-ring (bicyclic) bond motifs is 1. The zero-order valence-electron chi connectivity index (χ0n) is 10.4. The predicted octanol–water partition coefficient (Wildman–Crippen LogP) is 4.01. The first kappa shape index (κ1) is 13.3. The average molecular weight is 309 g/mol. The van der Waals surface area contributed by atoms with Crippen LogP contribution < -0.4 is 5.73 Å². The summed E-state index contributed by atoms with van der Waals surface area (Å²) in [5.41, 5.74) is 5.66. The van der Waals surface area contributed by atoms with E-state index < -0.39 is 11.6 Å². The fourth-order valence-corrected chi connectivity index (χ4v) is 3.67. The molecule has 0 spiro atoms. The van der Waals surface area contributed by atoms with Crippen molar-refractivity contribution in [3.8, 4) is 0 Å². The second-order valence-corrected chi connectivity index (χ2v) is 6.41. The number of nitrogen functional groups attached to an aromatic ring is 1. The largest absolute Gasteiger partial charge is 0.368 e.